The first-order chi connectivity index (χ1) is 10.9. The Morgan fingerprint density at radius 3 is 2.09 bits per heavy atom. The molecular formula is C22H39Sn. The Morgan fingerprint density at radius 2 is 1.57 bits per heavy atom. The molecule has 0 bridgehead atoms. The molecular weight excluding hydrogens is 383 g/mol. The van der Waals surface area contributed by atoms with Crippen LogP contribution in [0.3, 0.4) is 0 Å². The van der Waals surface area contributed by atoms with Gasteiger partial charge < -0.3 is 0 Å². The first-order valence-corrected chi connectivity index (χ1v) is 15.9. The Balaban J connectivity index is 2.61. The van der Waals surface area contributed by atoms with Gasteiger partial charge in [-0.25, -0.2) is 0 Å². The topological polar surface area (TPSA) is 0 Å². The van der Waals surface area contributed by atoms with Gasteiger partial charge in [0.05, 0.1) is 0 Å². The van der Waals surface area contributed by atoms with Crippen molar-refractivity contribution >= 4 is 19.8 Å². The van der Waals surface area contributed by atoms with Crippen molar-refractivity contribution in [2.75, 3.05) is 0 Å². The number of rotatable bonds is 10. The predicted octanol–water partition coefficient (Wildman–Crippen LogP) is 7.57. The molecule has 1 aromatic rings. The van der Waals surface area contributed by atoms with E-state index >= 15 is 0 Å². The van der Waals surface area contributed by atoms with Crippen LogP contribution in [0, 0.1) is 0 Å². The third kappa shape index (κ3) is 8.09. The van der Waals surface area contributed by atoms with Crippen molar-refractivity contribution in [2.24, 2.45) is 0 Å². The first-order valence-electron chi connectivity index (χ1n) is 9.82. The normalized spacial score (nSPS) is 13.5. The fourth-order valence-corrected chi connectivity index (χ4v) is 12.5. The second-order valence-corrected chi connectivity index (χ2v) is 16.8. The second-order valence-electron chi connectivity index (χ2n) is 8.27. The van der Waals surface area contributed by atoms with Crippen LogP contribution >= 0.6 is 0 Å². The molecule has 0 nitrogen and oxygen atoms in total. The van der Waals surface area contributed by atoms with Crippen LogP contribution in [0.15, 0.2) is 24.3 Å². The van der Waals surface area contributed by atoms with Crippen LogP contribution in [0.2, 0.25) is 13.3 Å². The van der Waals surface area contributed by atoms with Crippen molar-refractivity contribution in [1.82, 2.24) is 0 Å². The summed E-state index contributed by atoms with van der Waals surface area (Å²) >= 11 is -1.09. The third-order valence-electron chi connectivity index (χ3n) is 5.02. The van der Waals surface area contributed by atoms with Crippen LogP contribution in [-0.4, -0.2) is 19.8 Å². The summed E-state index contributed by atoms with van der Waals surface area (Å²) in [4.78, 5) is 0. The fourth-order valence-electron chi connectivity index (χ4n) is 3.13. The molecule has 0 aliphatic carbocycles. The molecule has 0 saturated carbocycles. The van der Waals surface area contributed by atoms with Gasteiger partial charge in [0.2, 0.25) is 0 Å². The van der Waals surface area contributed by atoms with E-state index in [2.05, 4.69) is 65.8 Å². The van der Waals surface area contributed by atoms with Crippen molar-refractivity contribution in [1.29, 1.82) is 0 Å². The Morgan fingerprint density at radius 1 is 0.957 bits per heavy atom. The molecule has 0 aliphatic rings. The molecule has 0 fully saturated rings. The molecule has 131 valence electrons. The summed E-state index contributed by atoms with van der Waals surface area (Å²) in [6, 6.07) is 9.37. The molecule has 0 aromatic heterocycles. The van der Waals surface area contributed by atoms with E-state index in [1.54, 1.807) is 18.9 Å². The quantitative estimate of drug-likeness (QED) is 0.341. The van der Waals surface area contributed by atoms with Crippen LogP contribution in [0.1, 0.15) is 90.7 Å². The van der Waals surface area contributed by atoms with Gasteiger partial charge in [-0.05, 0) is 0 Å². The second kappa shape index (κ2) is 10.8. The van der Waals surface area contributed by atoms with Gasteiger partial charge in [0.25, 0.3) is 0 Å². The molecule has 0 saturated heterocycles. The van der Waals surface area contributed by atoms with Crippen molar-refractivity contribution in [3.05, 3.63) is 35.4 Å². The number of benzene rings is 1. The van der Waals surface area contributed by atoms with Gasteiger partial charge in [0.15, 0.2) is 0 Å². The van der Waals surface area contributed by atoms with E-state index in [4.69, 9.17) is 0 Å². The monoisotopic (exact) mass is 423 g/mol. The number of hydrogen-bond donors (Lipinski definition) is 0. The van der Waals surface area contributed by atoms with E-state index < -0.39 is 19.8 Å². The summed E-state index contributed by atoms with van der Waals surface area (Å²) in [5.74, 6) is 0.733. The Bertz CT molecular complexity index is 422. The molecule has 23 heavy (non-hydrogen) atoms. The molecule has 1 unspecified atom stereocenters. The molecule has 1 aromatic carbocycles. The zero-order chi connectivity index (χ0) is 17.3. The van der Waals surface area contributed by atoms with Crippen molar-refractivity contribution < 1.29 is 0 Å². The van der Waals surface area contributed by atoms with Crippen molar-refractivity contribution in [3.63, 3.8) is 0 Å². The van der Waals surface area contributed by atoms with Gasteiger partial charge >= 0.3 is 153 Å². The summed E-state index contributed by atoms with van der Waals surface area (Å²) < 4.78 is 4.87. The summed E-state index contributed by atoms with van der Waals surface area (Å²) in [6.45, 7) is 14.1. The zero-order valence-electron chi connectivity index (χ0n) is 16.5. The van der Waals surface area contributed by atoms with E-state index in [9.17, 15) is 0 Å². The Labute approximate surface area is 153 Å². The predicted molar refractivity (Wildman–Crippen MR) is 108 cm³/mol. The van der Waals surface area contributed by atoms with Gasteiger partial charge in [-0.15, -0.1) is 0 Å². The standard InChI is InChI=1S/C14H21.2C4H9.Sn/c1-6-11(2)12-8-7-9-13(10-12)14(3,4)5;2*1-3-4-2;/h7-11H,1,6H2,2-5H3;2*1,3-4H2,2H3;. The average Bonchev–Trinajstić information content (AvgIpc) is 2.53. The molecule has 1 radical (unpaired) electrons. The van der Waals surface area contributed by atoms with Crippen LogP contribution < -0.4 is 0 Å². The maximum atomic E-state index is 2.46. The SMILES string of the molecule is CCC[CH2][Sn]([CH2]CCC)[CH2]CC(C)c1cccc(C(C)(C)C)c1. The molecule has 0 aliphatic heterocycles. The summed E-state index contributed by atoms with van der Waals surface area (Å²) in [7, 11) is 0. The molecule has 0 heterocycles. The molecule has 1 rings (SSSR count). The van der Waals surface area contributed by atoms with E-state index in [-0.39, 0.29) is 5.41 Å². The minimum atomic E-state index is -1.09. The molecule has 1 atom stereocenters. The summed E-state index contributed by atoms with van der Waals surface area (Å²) in [5, 5.41) is 0. The van der Waals surface area contributed by atoms with Crippen LogP contribution in [0.4, 0.5) is 0 Å². The Hall–Kier alpha value is 0.0187. The van der Waals surface area contributed by atoms with E-state index in [1.807, 2.05) is 0 Å². The van der Waals surface area contributed by atoms with Crippen molar-refractivity contribution in [3.8, 4) is 0 Å². The third-order valence-corrected chi connectivity index (χ3v) is 13.9. The minimum absolute atomic E-state index is 0.263. The molecule has 0 spiro atoms. The molecule has 1 heteroatoms. The van der Waals surface area contributed by atoms with Gasteiger partial charge in [0, 0.05) is 0 Å². The van der Waals surface area contributed by atoms with Gasteiger partial charge in [-0.2, -0.15) is 0 Å². The Kier molecular flexibility index (Phi) is 9.89. The first kappa shape index (κ1) is 21.1. The van der Waals surface area contributed by atoms with E-state index in [1.165, 1.54) is 37.7 Å². The van der Waals surface area contributed by atoms with Crippen LogP contribution in [0.25, 0.3) is 0 Å². The summed E-state index contributed by atoms with van der Waals surface area (Å²) in [6.07, 6.45) is 7.19. The zero-order valence-corrected chi connectivity index (χ0v) is 19.4. The fraction of sp³-hybridized carbons (Fsp3) is 0.727. The molecule has 0 amide bonds. The summed E-state index contributed by atoms with van der Waals surface area (Å²) in [5.41, 5.74) is 3.31. The van der Waals surface area contributed by atoms with Crippen LogP contribution in [0.5, 0.6) is 0 Å². The van der Waals surface area contributed by atoms with Gasteiger partial charge in [0.1, 0.15) is 0 Å². The van der Waals surface area contributed by atoms with E-state index in [0.717, 1.165) is 5.92 Å². The van der Waals surface area contributed by atoms with Crippen molar-refractivity contribution in [2.45, 2.75) is 98.3 Å². The average molecular weight is 422 g/mol. The number of hydrogen-bond acceptors (Lipinski definition) is 0. The maximum absolute atomic E-state index is 2.46. The molecule has 0 N–H and O–H groups in total. The van der Waals surface area contributed by atoms with Crippen LogP contribution in [-0.2, 0) is 5.41 Å². The number of unbranched alkanes of at least 4 members (excludes halogenated alkanes) is 2. The van der Waals surface area contributed by atoms with Gasteiger partial charge in [-0.1, -0.05) is 0 Å². The van der Waals surface area contributed by atoms with Gasteiger partial charge in [-0.3, -0.25) is 0 Å². The van der Waals surface area contributed by atoms with E-state index in [0.29, 0.717) is 0 Å².